The minimum absolute atomic E-state index is 0.101. The van der Waals surface area contributed by atoms with Crippen molar-refractivity contribution in [3.05, 3.63) is 136 Å². The molecule has 2 heterocycles. The first-order valence-electron chi connectivity index (χ1n) is 12.9. The summed E-state index contributed by atoms with van der Waals surface area (Å²) in [6.07, 6.45) is -1.07. The number of esters is 1. The summed E-state index contributed by atoms with van der Waals surface area (Å²) < 4.78 is 5.50. The molecule has 0 aliphatic carbocycles. The van der Waals surface area contributed by atoms with Gasteiger partial charge in [-0.3, -0.25) is 29.4 Å². The first-order valence-corrected chi connectivity index (χ1v) is 12.9. The molecule has 0 aromatic heterocycles. The maximum Gasteiger partial charge on any atom is 0.343 e. The lowest BCUT2D eigenvalue weighted by Gasteiger charge is -2.28. The van der Waals surface area contributed by atoms with Gasteiger partial charge in [0.2, 0.25) is 5.91 Å². The molecule has 4 aromatic rings. The number of likely N-dealkylation sites (tertiary alicyclic amines) is 1. The number of carbonyl (C=O) groups is 3. The first-order chi connectivity index (χ1) is 19.9. The molecule has 41 heavy (non-hydrogen) atoms. The molecule has 204 valence electrons. The number of hydrogen-bond donors (Lipinski definition) is 0. The van der Waals surface area contributed by atoms with Crippen molar-refractivity contribution in [3.63, 3.8) is 0 Å². The number of benzene rings is 4. The van der Waals surface area contributed by atoms with Crippen LogP contribution in [0.2, 0.25) is 0 Å². The van der Waals surface area contributed by atoms with Crippen LogP contribution in [0.15, 0.2) is 109 Å². The molecule has 3 atom stereocenters. The van der Waals surface area contributed by atoms with Crippen molar-refractivity contribution in [1.29, 1.82) is 0 Å². The number of hydrogen-bond acceptors (Lipinski definition) is 8. The van der Waals surface area contributed by atoms with Gasteiger partial charge in [0.15, 0.2) is 6.10 Å². The Morgan fingerprint density at radius 3 is 2.10 bits per heavy atom. The van der Waals surface area contributed by atoms with E-state index in [2.05, 4.69) is 0 Å². The van der Waals surface area contributed by atoms with Crippen LogP contribution in [0.1, 0.15) is 27.5 Å². The van der Waals surface area contributed by atoms with Crippen LogP contribution in [0.25, 0.3) is 0 Å². The zero-order valence-corrected chi connectivity index (χ0v) is 21.5. The number of ether oxygens (including phenoxy) is 1. The van der Waals surface area contributed by atoms with E-state index < -0.39 is 34.9 Å². The number of amides is 2. The number of anilines is 1. The summed E-state index contributed by atoms with van der Waals surface area (Å²) in [6, 6.07) is 29.4. The minimum Gasteiger partial charge on any atom is -0.423 e. The molecule has 0 bridgehead atoms. The third kappa shape index (κ3) is 4.92. The lowest BCUT2D eigenvalue weighted by atomic mass is 9.90. The van der Waals surface area contributed by atoms with Crippen LogP contribution in [0, 0.1) is 16.0 Å². The van der Waals surface area contributed by atoms with Crippen LogP contribution < -0.4 is 9.80 Å². The average molecular weight is 550 g/mol. The molecule has 4 aromatic carbocycles. The number of nitrogens with zero attached hydrogens (tertiary/aromatic N) is 3. The number of imide groups is 1. The van der Waals surface area contributed by atoms with E-state index in [0.29, 0.717) is 22.6 Å². The van der Waals surface area contributed by atoms with Crippen molar-refractivity contribution >= 4 is 29.2 Å². The molecular formula is C31H23N3O7. The lowest BCUT2D eigenvalue weighted by Crippen LogP contribution is -2.36. The molecule has 0 radical (unpaired) electrons. The van der Waals surface area contributed by atoms with Crippen LogP contribution in [0.4, 0.5) is 11.4 Å². The van der Waals surface area contributed by atoms with Gasteiger partial charge in [0.05, 0.1) is 28.8 Å². The van der Waals surface area contributed by atoms with Gasteiger partial charge in [-0.2, -0.15) is 0 Å². The van der Waals surface area contributed by atoms with Gasteiger partial charge in [0.25, 0.3) is 11.6 Å². The molecule has 2 amide bonds. The highest BCUT2D eigenvalue weighted by Crippen LogP contribution is 2.47. The van der Waals surface area contributed by atoms with E-state index in [1.807, 2.05) is 30.3 Å². The van der Waals surface area contributed by atoms with Crippen molar-refractivity contribution in [2.75, 3.05) is 5.06 Å². The Labute approximate surface area is 234 Å². The Morgan fingerprint density at radius 1 is 0.829 bits per heavy atom. The van der Waals surface area contributed by atoms with Crippen LogP contribution >= 0.6 is 0 Å². The number of nitro benzene ring substituents is 1. The van der Waals surface area contributed by atoms with E-state index in [0.717, 1.165) is 5.56 Å². The Bertz CT molecular complexity index is 1610. The summed E-state index contributed by atoms with van der Waals surface area (Å²) in [5.74, 6) is -1.90. The van der Waals surface area contributed by atoms with Gasteiger partial charge in [0, 0.05) is 12.1 Å². The van der Waals surface area contributed by atoms with Gasteiger partial charge in [-0.15, -0.1) is 0 Å². The summed E-state index contributed by atoms with van der Waals surface area (Å²) in [5.41, 5.74) is 2.20. The normalized spacial score (nSPS) is 19.8. The molecule has 2 aliphatic heterocycles. The number of fused-ring (bicyclic) bond motifs is 1. The Balaban J connectivity index is 1.31. The molecule has 2 fully saturated rings. The summed E-state index contributed by atoms with van der Waals surface area (Å²) >= 11 is 0. The van der Waals surface area contributed by atoms with Crippen molar-refractivity contribution < 1.29 is 28.9 Å². The summed E-state index contributed by atoms with van der Waals surface area (Å²) in [7, 11) is 0. The van der Waals surface area contributed by atoms with Gasteiger partial charge < -0.3 is 4.74 Å². The van der Waals surface area contributed by atoms with Crippen molar-refractivity contribution in [1.82, 2.24) is 4.90 Å². The molecule has 0 unspecified atom stereocenters. The van der Waals surface area contributed by atoms with E-state index in [-0.39, 0.29) is 18.1 Å². The van der Waals surface area contributed by atoms with Crippen LogP contribution in [0.3, 0.4) is 0 Å². The minimum atomic E-state index is -1.07. The predicted octanol–water partition coefficient (Wildman–Crippen LogP) is 4.86. The summed E-state index contributed by atoms with van der Waals surface area (Å²) in [4.78, 5) is 57.6. The van der Waals surface area contributed by atoms with Gasteiger partial charge in [-0.1, -0.05) is 60.7 Å². The highest BCUT2D eigenvalue weighted by Gasteiger charge is 2.59. The van der Waals surface area contributed by atoms with Crippen LogP contribution in [0.5, 0.6) is 5.75 Å². The topological polar surface area (TPSA) is 119 Å². The molecule has 10 heteroatoms. The highest BCUT2D eigenvalue weighted by molar-refractivity contribution is 6.07. The van der Waals surface area contributed by atoms with Crippen molar-refractivity contribution in [2.24, 2.45) is 5.92 Å². The fourth-order valence-electron chi connectivity index (χ4n) is 5.15. The Hall–Kier alpha value is -5.35. The zero-order valence-electron chi connectivity index (χ0n) is 21.5. The number of carbonyl (C=O) groups excluding carboxylic acids is 3. The van der Waals surface area contributed by atoms with E-state index in [1.54, 1.807) is 54.6 Å². The van der Waals surface area contributed by atoms with Crippen molar-refractivity contribution in [2.45, 2.75) is 18.7 Å². The maximum atomic E-state index is 13.7. The molecule has 2 aliphatic rings. The highest BCUT2D eigenvalue weighted by atomic mass is 16.7. The Morgan fingerprint density at radius 2 is 1.46 bits per heavy atom. The van der Waals surface area contributed by atoms with E-state index >= 15 is 0 Å². The number of non-ortho nitro benzene ring substituents is 1. The number of rotatable bonds is 7. The van der Waals surface area contributed by atoms with Gasteiger partial charge >= 0.3 is 5.97 Å². The third-order valence-electron chi connectivity index (χ3n) is 7.15. The van der Waals surface area contributed by atoms with Crippen LogP contribution in [-0.4, -0.2) is 33.7 Å². The van der Waals surface area contributed by atoms with Crippen LogP contribution in [-0.2, 0) is 21.0 Å². The molecule has 0 saturated carbocycles. The van der Waals surface area contributed by atoms with Gasteiger partial charge in [-0.25, -0.2) is 9.86 Å². The van der Waals surface area contributed by atoms with E-state index in [4.69, 9.17) is 9.57 Å². The molecule has 10 nitrogen and oxygen atoms in total. The standard InChI is InChI=1S/C31H23N3O7/c35-29-26-27(21-11-17-25(18-12-21)40-31(37)22-9-5-2-6-10-22)33(23-13-15-24(16-14-23)34(38)39)41-28(26)30(36)32(29)19-20-7-3-1-4-8-20/h1-18,26-28H,19H2/t26-,27+,28+/m1/s1. The molecular weight excluding hydrogens is 526 g/mol. The SMILES string of the molecule is O=C(Oc1ccc([C@H]2[C@H]3C(=O)N(Cc4ccccc4)C(=O)[C@H]3ON2c2ccc([N+](=O)[O-])cc2)cc1)c1ccccc1. The largest absolute Gasteiger partial charge is 0.423 e. The smallest absolute Gasteiger partial charge is 0.343 e. The third-order valence-corrected chi connectivity index (χ3v) is 7.15. The second-order valence-corrected chi connectivity index (χ2v) is 9.67. The maximum absolute atomic E-state index is 13.7. The molecule has 0 spiro atoms. The summed E-state index contributed by atoms with van der Waals surface area (Å²) in [6.45, 7) is 0.119. The fourth-order valence-corrected chi connectivity index (χ4v) is 5.15. The first kappa shape index (κ1) is 25.9. The quantitative estimate of drug-likeness (QED) is 0.105. The fraction of sp³-hybridized carbons (Fsp3) is 0.129. The second kappa shape index (κ2) is 10.7. The number of hydroxylamine groups is 1. The van der Waals surface area contributed by atoms with E-state index in [1.165, 1.54) is 34.2 Å². The average Bonchev–Trinajstić information content (AvgIpc) is 3.50. The lowest BCUT2D eigenvalue weighted by molar-refractivity contribution is -0.384. The zero-order chi connectivity index (χ0) is 28.5. The monoisotopic (exact) mass is 549 g/mol. The van der Waals surface area contributed by atoms with Gasteiger partial charge in [-0.05, 0) is 47.5 Å². The number of nitro groups is 1. The molecule has 2 saturated heterocycles. The van der Waals surface area contributed by atoms with E-state index in [9.17, 15) is 24.5 Å². The van der Waals surface area contributed by atoms with Gasteiger partial charge in [0.1, 0.15) is 11.7 Å². The predicted molar refractivity (Wildman–Crippen MR) is 147 cm³/mol. The molecule has 6 rings (SSSR count). The molecule has 0 N–H and O–H groups in total. The Kier molecular flexibility index (Phi) is 6.74. The van der Waals surface area contributed by atoms with Crippen molar-refractivity contribution in [3.8, 4) is 5.75 Å². The second-order valence-electron chi connectivity index (χ2n) is 9.67. The summed E-state index contributed by atoms with van der Waals surface area (Å²) in [5, 5.41) is 12.6.